The van der Waals surface area contributed by atoms with Crippen molar-refractivity contribution in [3.63, 3.8) is 0 Å². The number of aryl methyl sites for hydroxylation is 1. The third-order valence-electron chi connectivity index (χ3n) is 3.07. The van der Waals surface area contributed by atoms with Gasteiger partial charge in [-0.3, -0.25) is 10.0 Å². The lowest BCUT2D eigenvalue weighted by molar-refractivity contribution is -0.129. The van der Waals surface area contributed by atoms with Gasteiger partial charge in [0.1, 0.15) is 5.75 Å². The second kappa shape index (κ2) is 8.50. The molecule has 5 N–H and O–H groups in total. The Hall–Kier alpha value is -1.59. The smallest absolute Gasteiger partial charge is 0.243 e. The number of carbonyl (C=O) groups is 1. The molecule has 5 heteroatoms. The summed E-state index contributed by atoms with van der Waals surface area (Å²) >= 11 is 0. The van der Waals surface area contributed by atoms with Gasteiger partial charge in [0.25, 0.3) is 0 Å². The third-order valence-corrected chi connectivity index (χ3v) is 3.07. The van der Waals surface area contributed by atoms with E-state index in [9.17, 15) is 9.90 Å². The second-order valence-corrected chi connectivity index (χ2v) is 4.75. The molecular formula is C14H22N2O3. The molecule has 0 saturated heterocycles. The maximum Gasteiger partial charge on any atom is 0.243 e. The standard InChI is InChI=1S/C14H22N2O3/c15-12(5-1-2-7-14(18)16-19)9-8-11-4-3-6-13(17)10-11/h3-4,6,10,12,17,19H,1-2,5,7-9,15H2,(H,16,18)/t12-/m0/s1. The summed E-state index contributed by atoms with van der Waals surface area (Å²) in [6.45, 7) is 0. The Balaban J connectivity index is 2.14. The van der Waals surface area contributed by atoms with Crippen LogP contribution < -0.4 is 11.2 Å². The Morgan fingerprint density at radius 1 is 1.32 bits per heavy atom. The van der Waals surface area contributed by atoms with Crippen LogP contribution in [0.4, 0.5) is 0 Å². The van der Waals surface area contributed by atoms with E-state index in [0.717, 1.165) is 37.7 Å². The van der Waals surface area contributed by atoms with Crippen LogP contribution in [0.5, 0.6) is 5.75 Å². The first kappa shape index (κ1) is 15.5. The van der Waals surface area contributed by atoms with Crippen LogP contribution in [0.2, 0.25) is 0 Å². The summed E-state index contributed by atoms with van der Waals surface area (Å²) in [5, 5.41) is 17.7. The molecule has 0 aliphatic carbocycles. The maximum absolute atomic E-state index is 10.8. The van der Waals surface area contributed by atoms with Crippen LogP contribution in [0.3, 0.4) is 0 Å². The van der Waals surface area contributed by atoms with Crippen molar-refractivity contribution in [1.82, 2.24) is 5.48 Å². The molecule has 0 fully saturated rings. The van der Waals surface area contributed by atoms with Gasteiger partial charge in [0.2, 0.25) is 5.91 Å². The largest absolute Gasteiger partial charge is 0.508 e. The number of rotatable bonds is 8. The molecule has 0 radical (unpaired) electrons. The van der Waals surface area contributed by atoms with Crippen molar-refractivity contribution in [3.8, 4) is 5.75 Å². The Labute approximate surface area is 113 Å². The first-order valence-corrected chi connectivity index (χ1v) is 6.58. The number of hydrogen-bond donors (Lipinski definition) is 4. The summed E-state index contributed by atoms with van der Waals surface area (Å²) in [6, 6.07) is 7.29. The monoisotopic (exact) mass is 266 g/mol. The van der Waals surface area contributed by atoms with Crippen LogP contribution in [-0.4, -0.2) is 22.3 Å². The van der Waals surface area contributed by atoms with E-state index in [4.69, 9.17) is 10.9 Å². The summed E-state index contributed by atoms with van der Waals surface area (Å²) in [4.78, 5) is 10.8. The van der Waals surface area contributed by atoms with E-state index >= 15 is 0 Å². The zero-order valence-corrected chi connectivity index (χ0v) is 11.0. The summed E-state index contributed by atoms with van der Waals surface area (Å²) in [7, 11) is 0. The molecule has 5 nitrogen and oxygen atoms in total. The highest BCUT2D eigenvalue weighted by Crippen LogP contribution is 2.14. The van der Waals surface area contributed by atoms with Gasteiger partial charge in [-0.15, -0.1) is 0 Å². The van der Waals surface area contributed by atoms with Crippen LogP contribution in [0.25, 0.3) is 0 Å². The van der Waals surface area contributed by atoms with Crippen LogP contribution >= 0.6 is 0 Å². The van der Waals surface area contributed by atoms with E-state index in [2.05, 4.69) is 0 Å². The lowest BCUT2D eigenvalue weighted by Gasteiger charge is -2.11. The predicted molar refractivity (Wildman–Crippen MR) is 72.8 cm³/mol. The first-order chi connectivity index (χ1) is 9.11. The summed E-state index contributed by atoms with van der Waals surface area (Å²) in [5.74, 6) is -0.0746. The normalized spacial score (nSPS) is 12.1. The van der Waals surface area contributed by atoms with Gasteiger partial charge >= 0.3 is 0 Å². The molecule has 1 aromatic rings. The Morgan fingerprint density at radius 2 is 2.11 bits per heavy atom. The zero-order chi connectivity index (χ0) is 14.1. The van der Waals surface area contributed by atoms with Crippen molar-refractivity contribution in [1.29, 1.82) is 0 Å². The van der Waals surface area contributed by atoms with E-state index in [1.54, 1.807) is 17.6 Å². The van der Waals surface area contributed by atoms with Gasteiger partial charge < -0.3 is 10.8 Å². The minimum Gasteiger partial charge on any atom is -0.508 e. The van der Waals surface area contributed by atoms with Crippen molar-refractivity contribution >= 4 is 5.91 Å². The van der Waals surface area contributed by atoms with Gasteiger partial charge in [-0.1, -0.05) is 18.6 Å². The number of unbranched alkanes of at least 4 members (excludes halogenated alkanes) is 1. The molecule has 0 aromatic heterocycles. The first-order valence-electron chi connectivity index (χ1n) is 6.58. The van der Waals surface area contributed by atoms with Gasteiger partial charge in [0, 0.05) is 12.5 Å². The van der Waals surface area contributed by atoms with Gasteiger partial charge in [-0.2, -0.15) is 0 Å². The average Bonchev–Trinajstić information content (AvgIpc) is 2.41. The second-order valence-electron chi connectivity index (χ2n) is 4.75. The van der Waals surface area contributed by atoms with Crippen molar-refractivity contribution in [2.75, 3.05) is 0 Å². The molecule has 0 spiro atoms. The lowest BCUT2D eigenvalue weighted by Crippen LogP contribution is -2.21. The number of carbonyl (C=O) groups excluding carboxylic acids is 1. The highest BCUT2D eigenvalue weighted by atomic mass is 16.5. The quantitative estimate of drug-likeness (QED) is 0.327. The summed E-state index contributed by atoms with van der Waals surface area (Å²) in [5.41, 5.74) is 8.69. The van der Waals surface area contributed by atoms with Gasteiger partial charge in [0.05, 0.1) is 0 Å². The number of benzene rings is 1. The van der Waals surface area contributed by atoms with Crippen LogP contribution in [0.1, 0.15) is 37.7 Å². The highest BCUT2D eigenvalue weighted by molar-refractivity contribution is 5.74. The van der Waals surface area contributed by atoms with Gasteiger partial charge in [-0.25, -0.2) is 5.48 Å². The molecule has 0 saturated carbocycles. The Kier molecular flexibility index (Phi) is 6.92. The summed E-state index contributed by atoms with van der Waals surface area (Å²) < 4.78 is 0. The lowest BCUT2D eigenvalue weighted by atomic mass is 10.0. The molecule has 1 rings (SSSR count). The van der Waals surface area contributed by atoms with Crippen LogP contribution in [0.15, 0.2) is 24.3 Å². The highest BCUT2D eigenvalue weighted by Gasteiger charge is 2.05. The molecule has 1 atom stereocenters. The van der Waals surface area contributed by atoms with Crippen molar-refractivity contribution < 1.29 is 15.1 Å². The van der Waals surface area contributed by atoms with Gasteiger partial charge in [-0.05, 0) is 43.4 Å². The van der Waals surface area contributed by atoms with Crippen LogP contribution in [-0.2, 0) is 11.2 Å². The van der Waals surface area contributed by atoms with Gasteiger partial charge in [0.15, 0.2) is 0 Å². The number of amides is 1. The molecular weight excluding hydrogens is 244 g/mol. The number of hydroxylamine groups is 1. The number of nitrogens with one attached hydrogen (secondary N) is 1. The SMILES string of the molecule is N[C@@H](CCCCC(=O)NO)CCc1cccc(O)c1. The molecule has 0 heterocycles. The van der Waals surface area contributed by atoms with Crippen molar-refractivity contribution in [3.05, 3.63) is 29.8 Å². The third kappa shape index (κ3) is 6.79. The van der Waals surface area contributed by atoms with Crippen molar-refractivity contribution in [2.24, 2.45) is 5.73 Å². The summed E-state index contributed by atoms with van der Waals surface area (Å²) in [6.07, 6.45) is 4.48. The molecule has 1 aromatic carbocycles. The Bertz CT molecular complexity index is 396. The minimum atomic E-state index is -0.353. The topological polar surface area (TPSA) is 95.6 Å². The number of aromatic hydroxyl groups is 1. The van der Waals surface area contributed by atoms with E-state index in [0.29, 0.717) is 6.42 Å². The van der Waals surface area contributed by atoms with E-state index in [1.807, 2.05) is 12.1 Å². The van der Waals surface area contributed by atoms with Crippen molar-refractivity contribution in [2.45, 2.75) is 44.6 Å². The fraction of sp³-hybridized carbons (Fsp3) is 0.500. The van der Waals surface area contributed by atoms with E-state index in [-0.39, 0.29) is 17.7 Å². The zero-order valence-electron chi connectivity index (χ0n) is 11.0. The maximum atomic E-state index is 10.8. The molecule has 0 aliphatic heterocycles. The molecule has 0 aliphatic rings. The van der Waals surface area contributed by atoms with Crippen LogP contribution in [0, 0.1) is 0 Å². The Morgan fingerprint density at radius 3 is 2.79 bits per heavy atom. The number of phenolic OH excluding ortho intramolecular Hbond substituents is 1. The van der Waals surface area contributed by atoms with E-state index < -0.39 is 0 Å². The predicted octanol–water partition coefficient (Wildman–Crippen LogP) is 1.72. The van der Waals surface area contributed by atoms with E-state index in [1.165, 1.54) is 0 Å². The number of nitrogens with two attached hydrogens (primary N) is 1. The fourth-order valence-corrected chi connectivity index (χ4v) is 1.96. The molecule has 0 unspecified atom stereocenters. The number of hydrogen-bond acceptors (Lipinski definition) is 4. The minimum absolute atomic E-state index is 0.0968. The molecule has 19 heavy (non-hydrogen) atoms. The average molecular weight is 266 g/mol. The molecule has 106 valence electrons. The molecule has 0 bridgehead atoms. The fourth-order valence-electron chi connectivity index (χ4n) is 1.96. The molecule has 1 amide bonds. The number of phenols is 1.